The Bertz CT molecular complexity index is 1430. The van der Waals surface area contributed by atoms with E-state index in [4.69, 9.17) is 4.74 Å². The first-order valence-corrected chi connectivity index (χ1v) is 14.8. The van der Waals surface area contributed by atoms with Crippen LogP contribution in [0.15, 0.2) is 72.8 Å². The molecular formula is C35H42N2O2. The maximum Gasteiger partial charge on any atom is 0.340 e. The van der Waals surface area contributed by atoms with Gasteiger partial charge in [0.25, 0.3) is 0 Å². The lowest BCUT2D eigenvalue weighted by Crippen LogP contribution is -2.31. The number of hydrogen-bond acceptors (Lipinski definition) is 3. The average Bonchev–Trinajstić information content (AvgIpc) is 3.43. The molecule has 0 saturated heterocycles. The first-order chi connectivity index (χ1) is 19.1. The Kier molecular flexibility index (Phi) is 8.11. The van der Waals surface area contributed by atoms with E-state index in [1.54, 1.807) is 0 Å². The Hall–Kier alpha value is -3.53. The average molecular weight is 523 g/mol. The van der Waals surface area contributed by atoms with Gasteiger partial charge in [-0.3, -0.25) is 0 Å². The Balaban J connectivity index is 1.71. The molecule has 0 N–H and O–H groups in total. The van der Waals surface area contributed by atoms with E-state index >= 15 is 0 Å². The Labute approximate surface area is 233 Å². The van der Waals surface area contributed by atoms with E-state index in [9.17, 15) is 4.79 Å². The first-order valence-electron chi connectivity index (χ1n) is 14.8. The van der Waals surface area contributed by atoms with E-state index in [1.165, 1.54) is 36.9 Å². The lowest BCUT2D eigenvalue weighted by Gasteiger charge is -2.32. The van der Waals surface area contributed by atoms with Crippen molar-refractivity contribution >= 4 is 22.6 Å². The van der Waals surface area contributed by atoms with Gasteiger partial charge in [0.1, 0.15) is 0 Å². The molecule has 2 heterocycles. The molecular weight excluding hydrogens is 480 g/mol. The number of cyclic esters (lactones) is 1. The number of para-hydroxylation sites is 1. The van der Waals surface area contributed by atoms with Crippen LogP contribution in [0.4, 0.5) is 5.69 Å². The van der Waals surface area contributed by atoms with E-state index in [2.05, 4.69) is 91.8 Å². The molecule has 3 aromatic carbocycles. The molecule has 0 saturated carbocycles. The van der Waals surface area contributed by atoms with Gasteiger partial charge >= 0.3 is 5.97 Å². The number of carbonyl (C=O) groups is 1. The quantitative estimate of drug-likeness (QED) is 0.175. The predicted octanol–water partition coefficient (Wildman–Crippen LogP) is 8.62. The van der Waals surface area contributed by atoms with Crippen molar-refractivity contribution < 1.29 is 9.53 Å². The number of aromatic nitrogens is 1. The molecule has 0 amide bonds. The Morgan fingerprint density at radius 3 is 2.13 bits per heavy atom. The molecule has 204 valence electrons. The monoisotopic (exact) mass is 522 g/mol. The van der Waals surface area contributed by atoms with Crippen molar-refractivity contribution in [3.8, 4) is 0 Å². The highest BCUT2D eigenvalue weighted by molar-refractivity contribution is 5.98. The molecule has 0 bridgehead atoms. The number of aryl methyl sites for hydroxylation is 1. The number of fused-ring (bicyclic) bond motifs is 2. The summed E-state index contributed by atoms with van der Waals surface area (Å²) in [4.78, 5) is 15.9. The van der Waals surface area contributed by atoms with Crippen LogP contribution in [0.1, 0.15) is 92.0 Å². The largest absolute Gasteiger partial charge is 0.440 e. The molecule has 1 aliphatic heterocycles. The minimum absolute atomic E-state index is 0.257. The van der Waals surface area contributed by atoms with Crippen LogP contribution in [0, 0.1) is 6.92 Å². The van der Waals surface area contributed by atoms with Gasteiger partial charge in [-0.15, -0.1) is 0 Å². The summed E-state index contributed by atoms with van der Waals surface area (Å²) in [6, 6.07) is 25.3. The molecule has 0 spiro atoms. The third-order valence-corrected chi connectivity index (χ3v) is 8.29. The third kappa shape index (κ3) is 4.75. The van der Waals surface area contributed by atoms with E-state index in [-0.39, 0.29) is 5.97 Å². The first kappa shape index (κ1) is 27.1. The number of hydrogen-bond donors (Lipinski definition) is 0. The summed E-state index contributed by atoms with van der Waals surface area (Å²) in [7, 11) is 0. The fourth-order valence-corrected chi connectivity index (χ4v) is 6.22. The minimum Gasteiger partial charge on any atom is -0.440 e. The second-order valence-corrected chi connectivity index (χ2v) is 10.8. The normalized spacial score (nSPS) is 16.5. The summed E-state index contributed by atoms with van der Waals surface area (Å²) in [6.45, 7) is 12.0. The third-order valence-electron chi connectivity index (χ3n) is 8.29. The van der Waals surface area contributed by atoms with Crippen LogP contribution in [-0.2, 0) is 16.9 Å². The second kappa shape index (κ2) is 11.7. The molecule has 4 aromatic rings. The number of anilines is 1. The van der Waals surface area contributed by atoms with Crippen molar-refractivity contribution in [2.24, 2.45) is 0 Å². The molecule has 0 aliphatic carbocycles. The van der Waals surface area contributed by atoms with Gasteiger partial charge in [0, 0.05) is 58.6 Å². The number of nitrogens with zero attached hydrogens (tertiary/aromatic N) is 2. The fourth-order valence-electron chi connectivity index (χ4n) is 6.22. The fraction of sp³-hybridized carbons (Fsp3) is 0.400. The number of carbonyl (C=O) groups excluding carboxylic acids is 1. The summed E-state index contributed by atoms with van der Waals surface area (Å²) >= 11 is 0. The molecule has 4 nitrogen and oxygen atoms in total. The SMILES string of the molecule is CCCCN(CCCC)c1ccc(C2(c3c(C)n(CCCC)c4ccccc34)OC(=O)c3ccccc32)cc1. The van der Waals surface area contributed by atoms with Crippen molar-refractivity contribution in [2.75, 3.05) is 18.0 Å². The lowest BCUT2D eigenvalue weighted by atomic mass is 9.78. The summed E-state index contributed by atoms with van der Waals surface area (Å²) in [5, 5.41) is 1.15. The van der Waals surface area contributed by atoms with Crippen LogP contribution in [-0.4, -0.2) is 23.6 Å². The zero-order valence-corrected chi connectivity index (χ0v) is 24.0. The summed E-state index contributed by atoms with van der Waals surface area (Å²) in [5.74, 6) is -0.257. The molecule has 1 aromatic heterocycles. The number of rotatable bonds is 12. The molecule has 4 heteroatoms. The summed E-state index contributed by atoms with van der Waals surface area (Å²) in [6.07, 6.45) is 6.93. The topological polar surface area (TPSA) is 34.5 Å². The minimum atomic E-state index is -0.995. The van der Waals surface area contributed by atoms with Gasteiger partial charge in [-0.2, -0.15) is 0 Å². The lowest BCUT2D eigenvalue weighted by molar-refractivity contribution is 0.0253. The van der Waals surface area contributed by atoms with Crippen LogP contribution in [0.5, 0.6) is 0 Å². The van der Waals surface area contributed by atoms with E-state index in [1.807, 2.05) is 18.2 Å². The van der Waals surface area contributed by atoms with Gasteiger partial charge in [0.05, 0.1) is 5.56 Å². The molecule has 39 heavy (non-hydrogen) atoms. The summed E-state index contributed by atoms with van der Waals surface area (Å²) < 4.78 is 8.98. The van der Waals surface area contributed by atoms with Gasteiger partial charge in [-0.1, -0.05) is 88.6 Å². The summed E-state index contributed by atoms with van der Waals surface area (Å²) in [5.41, 5.74) is 6.25. The van der Waals surface area contributed by atoms with Gasteiger partial charge in [0.15, 0.2) is 5.60 Å². The molecule has 1 atom stereocenters. The number of benzene rings is 3. The van der Waals surface area contributed by atoms with Crippen molar-refractivity contribution in [3.63, 3.8) is 0 Å². The number of unbranched alkanes of at least 4 members (excludes halogenated alkanes) is 3. The van der Waals surface area contributed by atoms with Gasteiger partial charge in [-0.05, 0) is 50.5 Å². The molecule has 1 aliphatic rings. The van der Waals surface area contributed by atoms with E-state index in [0.29, 0.717) is 5.56 Å². The van der Waals surface area contributed by atoms with Crippen molar-refractivity contribution in [1.82, 2.24) is 4.57 Å². The predicted molar refractivity (Wildman–Crippen MR) is 162 cm³/mol. The number of ether oxygens (including phenoxy) is 1. The Morgan fingerprint density at radius 2 is 1.44 bits per heavy atom. The van der Waals surface area contributed by atoms with Crippen molar-refractivity contribution in [1.29, 1.82) is 0 Å². The standard InChI is InChI=1S/C35H42N2O2/c1-5-8-23-36(24-9-6-2)28-21-19-27(20-22-28)35(31-17-13-11-15-29(31)34(38)39-35)33-26(4)37(25-10-7-3)32-18-14-12-16-30(32)33/h11-22H,5-10,23-25H2,1-4H3. The van der Waals surface area contributed by atoms with Crippen molar-refractivity contribution in [2.45, 2.75) is 78.4 Å². The smallest absolute Gasteiger partial charge is 0.340 e. The van der Waals surface area contributed by atoms with Gasteiger partial charge in [-0.25, -0.2) is 4.79 Å². The van der Waals surface area contributed by atoms with Crippen LogP contribution in [0.25, 0.3) is 10.9 Å². The maximum atomic E-state index is 13.4. The van der Waals surface area contributed by atoms with Crippen molar-refractivity contribution in [3.05, 3.63) is 101 Å². The molecule has 5 rings (SSSR count). The van der Waals surface area contributed by atoms with Gasteiger partial charge < -0.3 is 14.2 Å². The molecule has 0 fully saturated rings. The van der Waals surface area contributed by atoms with Gasteiger partial charge in [0.2, 0.25) is 0 Å². The highest BCUT2D eigenvalue weighted by Crippen LogP contribution is 2.51. The number of esters is 1. The van der Waals surface area contributed by atoms with E-state index < -0.39 is 5.60 Å². The zero-order valence-electron chi connectivity index (χ0n) is 24.0. The second-order valence-electron chi connectivity index (χ2n) is 10.8. The molecule has 0 radical (unpaired) electrons. The molecule has 1 unspecified atom stereocenters. The van der Waals surface area contributed by atoms with E-state index in [0.717, 1.165) is 60.2 Å². The van der Waals surface area contributed by atoms with Crippen LogP contribution < -0.4 is 4.90 Å². The van der Waals surface area contributed by atoms with Crippen LogP contribution >= 0.6 is 0 Å². The zero-order chi connectivity index (χ0) is 27.4. The maximum absolute atomic E-state index is 13.4. The van der Waals surface area contributed by atoms with Crippen LogP contribution in [0.2, 0.25) is 0 Å². The van der Waals surface area contributed by atoms with Crippen LogP contribution in [0.3, 0.4) is 0 Å². The Morgan fingerprint density at radius 1 is 0.795 bits per heavy atom. The highest BCUT2D eigenvalue weighted by Gasteiger charge is 2.50. The highest BCUT2D eigenvalue weighted by atomic mass is 16.6.